The van der Waals surface area contributed by atoms with Crippen molar-refractivity contribution in [1.82, 2.24) is 10.6 Å². The van der Waals surface area contributed by atoms with Gasteiger partial charge in [0.05, 0.1) is 10.6 Å². The number of carbonyl (C=O) groups excluding carboxylic acids is 2. The zero-order valence-corrected chi connectivity index (χ0v) is 17.0. The number of anilines is 1. The van der Waals surface area contributed by atoms with Gasteiger partial charge in [0.1, 0.15) is 0 Å². The molecular weight excluding hydrogens is 374 g/mol. The molecule has 0 fully saturated rings. The zero-order chi connectivity index (χ0) is 20.1. The number of carbonyl (C=O) groups is 2. The number of nitrogens with one attached hydrogen (secondary N) is 3. The summed E-state index contributed by atoms with van der Waals surface area (Å²) in [6, 6.07) is 13.3. The van der Waals surface area contributed by atoms with Gasteiger partial charge < -0.3 is 16.0 Å². The molecule has 1 atom stereocenters. The minimum atomic E-state index is -0.255. The second-order valence-electron chi connectivity index (χ2n) is 7.51. The van der Waals surface area contributed by atoms with E-state index < -0.39 is 0 Å². The Morgan fingerprint density at radius 2 is 2.00 bits per heavy atom. The minimum Gasteiger partial charge on any atom is -0.350 e. The van der Waals surface area contributed by atoms with Crippen molar-refractivity contribution < 1.29 is 9.59 Å². The van der Waals surface area contributed by atoms with Crippen molar-refractivity contribution in [2.75, 3.05) is 18.4 Å². The second kappa shape index (κ2) is 9.22. The van der Waals surface area contributed by atoms with Crippen LogP contribution in [0.4, 0.5) is 5.69 Å². The summed E-state index contributed by atoms with van der Waals surface area (Å²) in [5.74, 6) is -0.0672. The number of benzene rings is 2. The van der Waals surface area contributed by atoms with Gasteiger partial charge in [-0.05, 0) is 48.2 Å². The van der Waals surface area contributed by atoms with Crippen LogP contribution in [0.3, 0.4) is 0 Å². The highest BCUT2D eigenvalue weighted by molar-refractivity contribution is 6.34. The smallest absolute Gasteiger partial charge is 0.252 e. The average Bonchev–Trinajstić information content (AvgIpc) is 2.67. The van der Waals surface area contributed by atoms with Gasteiger partial charge in [-0.25, -0.2) is 0 Å². The molecule has 1 heterocycles. The molecule has 0 spiro atoms. The molecule has 5 nitrogen and oxygen atoms in total. The fourth-order valence-electron chi connectivity index (χ4n) is 3.42. The molecule has 2 amide bonds. The maximum absolute atomic E-state index is 12.7. The third kappa shape index (κ3) is 5.12. The lowest BCUT2D eigenvalue weighted by molar-refractivity contribution is -0.116. The van der Waals surface area contributed by atoms with Gasteiger partial charge in [-0.2, -0.15) is 0 Å². The highest BCUT2D eigenvalue weighted by Gasteiger charge is 2.20. The molecule has 1 aliphatic heterocycles. The normalized spacial score (nSPS) is 15.8. The first-order valence-electron chi connectivity index (χ1n) is 9.63. The summed E-state index contributed by atoms with van der Waals surface area (Å²) in [5, 5.41) is 9.59. The van der Waals surface area contributed by atoms with Gasteiger partial charge in [-0.1, -0.05) is 49.7 Å². The van der Waals surface area contributed by atoms with Crippen LogP contribution in [0.2, 0.25) is 5.02 Å². The van der Waals surface area contributed by atoms with Crippen LogP contribution in [-0.2, 0) is 11.2 Å². The second-order valence-corrected chi connectivity index (χ2v) is 7.91. The van der Waals surface area contributed by atoms with Crippen LogP contribution in [0.15, 0.2) is 42.5 Å². The summed E-state index contributed by atoms with van der Waals surface area (Å²) in [4.78, 5) is 24.7. The Morgan fingerprint density at radius 3 is 2.79 bits per heavy atom. The lowest BCUT2D eigenvalue weighted by Gasteiger charge is -2.27. The molecule has 148 valence electrons. The van der Waals surface area contributed by atoms with Crippen molar-refractivity contribution in [3.05, 3.63) is 64.2 Å². The van der Waals surface area contributed by atoms with Gasteiger partial charge in [0.2, 0.25) is 5.91 Å². The van der Waals surface area contributed by atoms with Crippen molar-refractivity contribution in [3.8, 4) is 0 Å². The lowest BCUT2D eigenvalue weighted by Crippen LogP contribution is -2.38. The molecule has 3 N–H and O–H groups in total. The van der Waals surface area contributed by atoms with E-state index in [0.29, 0.717) is 29.2 Å². The molecule has 0 bridgehead atoms. The van der Waals surface area contributed by atoms with Crippen molar-refractivity contribution in [2.45, 2.75) is 32.7 Å². The fourth-order valence-corrected chi connectivity index (χ4v) is 3.63. The topological polar surface area (TPSA) is 70.2 Å². The Bertz CT molecular complexity index is 867. The first-order chi connectivity index (χ1) is 13.4. The monoisotopic (exact) mass is 399 g/mol. The quantitative estimate of drug-likeness (QED) is 0.689. The molecule has 0 aromatic heterocycles. The summed E-state index contributed by atoms with van der Waals surface area (Å²) < 4.78 is 0. The predicted octanol–water partition coefficient (Wildman–Crippen LogP) is 3.94. The number of halogens is 1. The molecule has 0 saturated carbocycles. The van der Waals surface area contributed by atoms with Crippen LogP contribution in [0.5, 0.6) is 0 Å². The number of rotatable bonds is 6. The van der Waals surface area contributed by atoms with E-state index >= 15 is 0 Å². The van der Waals surface area contributed by atoms with E-state index in [1.165, 1.54) is 11.1 Å². The van der Waals surface area contributed by atoms with Crippen LogP contribution in [-0.4, -0.2) is 24.9 Å². The number of amides is 2. The average molecular weight is 400 g/mol. The molecule has 6 heteroatoms. The molecule has 28 heavy (non-hydrogen) atoms. The highest BCUT2D eigenvalue weighted by atomic mass is 35.5. The van der Waals surface area contributed by atoms with E-state index in [4.69, 9.17) is 11.6 Å². The summed E-state index contributed by atoms with van der Waals surface area (Å²) in [6.45, 7) is 5.32. The maximum atomic E-state index is 12.7. The van der Waals surface area contributed by atoms with E-state index in [0.717, 1.165) is 13.0 Å². The van der Waals surface area contributed by atoms with Crippen LogP contribution in [0, 0.1) is 5.92 Å². The Balaban J connectivity index is 1.66. The lowest BCUT2D eigenvalue weighted by atomic mass is 9.94. The van der Waals surface area contributed by atoms with Gasteiger partial charge in [-0.15, -0.1) is 0 Å². The SMILES string of the molecule is CC(C)CC(=O)Nc1ccc(Cl)c(C(=O)NCC2NCCc3ccccc32)c1. The van der Waals surface area contributed by atoms with Gasteiger partial charge in [-0.3, -0.25) is 9.59 Å². The molecule has 3 rings (SSSR count). The standard InChI is InChI=1S/C22H26ClN3O2/c1-14(2)11-21(27)26-16-7-8-19(23)18(12-16)22(28)25-13-20-17-6-4-3-5-15(17)9-10-24-20/h3-8,12,14,20,24H,9-11,13H2,1-2H3,(H,25,28)(H,26,27). The highest BCUT2D eigenvalue weighted by Crippen LogP contribution is 2.23. The summed E-state index contributed by atoms with van der Waals surface area (Å²) >= 11 is 6.23. The van der Waals surface area contributed by atoms with Crippen LogP contribution < -0.4 is 16.0 Å². The van der Waals surface area contributed by atoms with Crippen molar-refractivity contribution >= 4 is 29.1 Å². The number of fused-ring (bicyclic) bond motifs is 1. The van der Waals surface area contributed by atoms with Gasteiger partial charge >= 0.3 is 0 Å². The summed E-state index contributed by atoms with van der Waals surface area (Å²) in [6.07, 6.45) is 1.42. The first kappa shape index (κ1) is 20.4. The van der Waals surface area contributed by atoms with E-state index in [1.54, 1.807) is 18.2 Å². The van der Waals surface area contributed by atoms with Crippen LogP contribution in [0.1, 0.15) is 47.8 Å². The molecule has 0 aliphatic carbocycles. The van der Waals surface area contributed by atoms with E-state index in [1.807, 2.05) is 26.0 Å². The predicted molar refractivity (Wildman–Crippen MR) is 113 cm³/mol. The summed E-state index contributed by atoms with van der Waals surface area (Å²) in [5.41, 5.74) is 3.46. The Kier molecular flexibility index (Phi) is 6.70. The molecule has 2 aromatic carbocycles. The molecule has 1 unspecified atom stereocenters. The zero-order valence-electron chi connectivity index (χ0n) is 16.2. The summed E-state index contributed by atoms with van der Waals surface area (Å²) in [7, 11) is 0. The Labute approximate surface area is 170 Å². The maximum Gasteiger partial charge on any atom is 0.252 e. The number of hydrogen-bond acceptors (Lipinski definition) is 3. The van der Waals surface area contributed by atoms with Gasteiger partial charge in [0.25, 0.3) is 5.91 Å². The van der Waals surface area contributed by atoms with Crippen LogP contribution >= 0.6 is 11.6 Å². The molecule has 0 radical (unpaired) electrons. The van der Waals surface area contributed by atoms with Crippen LogP contribution in [0.25, 0.3) is 0 Å². The van der Waals surface area contributed by atoms with Gasteiger partial charge in [0.15, 0.2) is 0 Å². The molecular formula is C22H26ClN3O2. The largest absolute Gasteiger partial charge is 0.350 e. The Hall–Kier alpha value is -2.37. The number of hydrogen-bond donors (Lipinski definition) is 3. The third-order valence-electron chi connectivity index (χ3n) is 4.77. The molecule has 0 saturated heterocycles. The minimum absolute atomic E-state index is 0.0709. The van der Waals surface area contributed by atoms with E-state index in [2.05, 4.69) is 28.1 Å². The van der Waals surface area contributed by atoms with E-state index in [-0.39, 0.29) is 23.8 Å². The third-order valence-corrected chi connectivity index (χ3v) is 5.10. The fraction of sp³-hybridized carbons (Fsp3) is 0.364. The van der Waals surface area contributed by atoms with Crippen molar-refractivity contribution in [3.63, 3.8) is 0 Å². The first-order valence-corrected chi connectivity index (χ1v) is 10.0. The van der Waals surface area contributed by atoms with Crippen molar-refractivity contribution in [2.24, 2.45) is 5.92 Å². The molecule has 2 aromatic rings. The molecule has 1 aliphatic rings. The van der Waals surface area contributed by atoms with E-state index in [9.17, 15) is 9.59 Å². The Morgan fingerprint density at radius 1 is 1.21 bits per heavy atom. The van der Waals surface area contributed by atoms with Gasteiger partial charge in [0, 0.05) is 24.7 Å². The van der Waals surface area contributed by atoms with Crippen molar-refractivity contribution in [1.29, 1.82) is 0 Å².